The van der Waals surface area contributed by atoms with Gasteiger partial charge in [0.25, 0.3) is 0 Å². The predicted octanol–water partition coefficient (Wildman–Crippen LogP) is 1.06. The maximum atomic E-state index is 11.6. The lowest BCUT2D eigenvalue weighted by Crippen LogP contribution is -2.37. The molecule has 0 bridgehead atoms. The second kappa shape index (κ2) is 5.20. The fourth-order valence-corrected chi connectivity index (χ4v) is 4.32. The summed E-state index contributed by atoms with van der Waals surface area (Å²) in [5.74, 6) is 1.94. The van der Waals surface area contributed by atoms with Crippen LogP contribution in [0, 0.1) is 0 Å². The Morgan fingerprint density at radius 3 is 2.80 bits per heavy atom. The molecule has 0 spiro atoms. The van der Waals surface area contributed by atoms with Crippen molar-refractivity contribution in [3.63, 3.8) is 0 Å². The molecule has 3 rings (SSSR count). The Balaban J connectivity index is 1.78. The lowest BCUT2D eigenvalue weighted by atomic mass is 10.2. The van der Waals surface area contributed by atoms with Gasteiger partial charge in [-0.15, -0.1) is 0 Å². The Morgan fingerprint density at radius 2 is 2.20 bits per heavy atom. The van der Waals surface area contributed by atoms with Gasteiger partial charge in [0.15, 0.2) is 9.84 Å². The Hall–Kier alpha value is -1.37. The van der Waals surface area contributed by atoms with E-state index in [0.29, 0.717) is 25.0 Å². The molecular formula is C13H20N4O2S. The van der Waals surface area contributed by atoms with Gasteiger partial charge in [0.05, 0.1) is 11.5 Å². The van der Waals surface area contributed by atoms with Gasteiger partial charge in [0, 0.05) is 24.8 Å². The lowest BCUT2D eigenvalue weighted by Gasteiger charge is -2.26. The van der Waals surface area contributed by atoms with Gasteiger partial charge in [-0.25, -0.2) is 13.4 Å². The van der Waals surface area contributed by atoms with Crippen molar-refractivity contribution in [3.05, 3.63) is 12.3 Å². The summed E-state index contributed by atoms with van der Waals surface area (Å²) in [6.07, 6.45) is 4.79. The average molecular weight is 296 g/mol. The zero-order valence-corrected chi connectivity index (χ0v) is 12.4. The third-order valence-corrected chi connectivity index (χ3v) is 5.57. The molecule has 2 heterocycles. The van der Waals surface area contributed by atoms with Gasteiger partial charge >= 0.3 is 0 Å². The summed E-state index contributed by atoms with van der Waals surface area (Å²) in [5.41, 5.74) is 0. The molecule has 1 aromatic rings. The van der Waals surface area contributed by atoms with Crippen LogP contribution < -0.4 is 10.2 Å². The summed E-state index contributed by atoms with van der Waals surface area (Å²) in [7, 11) is -2.89. The number of rotatable bonds is 5. The molecule has 1 aliphatic heterocycles. The minimum absolute atomic E-state index is 0.00109. The van der Waals surface area contributed by atoms with Crippen LogP contribution in [0.25, 0.3) is 0 Å². The molecule has 7 heteroatoms. The largest absolute Gasteiger partial charge is 0.367 e. The Bertz CT molecular complexity index is 586. The van der Waals surface area contributed by atoms with E-state index < -0.39 is 9.84 Å². The molecule has 110 valence electrons. The zero-order valence-electron chi connectivity index (χ0n) is 11.6. The highest BCUT2D eigenvalue weighted by Gasteiger charge is 2.33. The molecule has 2 aliphatic rings. The Kier molecular flexibility index (Phi) is 3.54. The average Bonchev–Trinajstić information content (AvgIpc) is 3.14. The molecule has 1 unspecified atom stereocenters. The third kappa shape index (κ3) is 3.03. The molecule has 1 N–H and O–H groups in total. The maximum absolute atomic E-state index is 11.6. The summed E-state index contributed by atoms with van der Waals surface area (Å²) in [6, 6.07) is 2.40. The van der Waals surface area contributed by atoms with Gasteiger partial charge in [0.2, 0.25) is 5.95 Å². The van der Waals surface area contributed by atoms with Crippen LogP contribution in [0.4, 0.5) is 11.8 Å². The van der Waals surface area contributed by atoms with Gasteiger partial charge in [-0.05, 0) is 32.3 Å². The molecule has 0 radical (unpaired) electrons. The summed E-state index contributed by atoms with van der Waals surface area (Å²) in [4.78, 5) is 10.8. The highest BCUT2D eigenvalue weighted by Crippen LogP contribution is 2.25. The van der Waals surface area contributed by atoms with E-state index in [0.717, 1.165) is 5.82 Å². The standard InChI is InChI=1S/C13H20N4O2S/c1-2-17(11-6-8-20(18,19)9-11)13-14-7-5-12(16-13)15-10-3-4-10/h5,7,10-11H,2-4,6,8-9H2,1H3,(H,14,15,16). The normalized spacial score (nSPS) is 24.6. The molecule has 20 heavy (non-hydrogen) atoms. The van der Waals surface area contributed by atoms with Crippen LogP contribution in [-0.4, -0.2) is 48.5 Å². The van der Waals surface area contributed by atoms with Crippen LogP contribution >= 0.6 is 0 Å². The van der Waals surface area contributed by atoms with Crippen molar-refractivity contribution in [2.24, 2.45) is 0 Å². The number of sulfone groups is 1. The summed E-state index contributed by atoms with van der Waals surface area (Å²) in [6.45, 7) is 2.72. The second-order valence-corrected chi connectivity index (χ2v) is 7.73. The molecular weight excluding hydrogens is 276 g/mol. The number of hydrogen-bond acceptors (Lipinski definition) is 6. The monoisotopic (exact) mass is 296 g/mol. The van der Waals surface area contributed by atoms with E-state index in [1.807, 2.05) is 17.9 Å². The fraction of sp³-hybridized carbons (Fsp3) is 0.692. The van der Waals surface area contributed by atoms with E-state index in [-0.39, 0.29) is 17.5 Å². The minimum atomic E-state index is -2.89. The summed E-state index contributed by atoms with van der Waals surface area (Å²) >= 11 is 0. The first-order valence-corrected chi connectivity index (χ1v) is 8.96. The van der Waals surface area contributed by atoms with Crippen LogP contribution in [-0.2, 0) is 9.84 Å². The molecule has 0 aromatic carbocycles. The summed E-state index contributed by atoms with van der Waals surface area (Å²) in [5, 5.41) is 3.35. The first-order valence-electron chi connectivity index (χ1n) is 7.14. The zero-order chi connectivity index (χ0) is 14.2. The quantitative estimate of drug-likeness (QED) is 0.876. The van der Waals surface area contributed by atoms with E-state index in [1.165, 1.54) is 12.8 Å². The second-order valence-electron chi connectivity index (χ2n) is 5.50. The molecule has 1 atom stereocenters. The molecule has 6 nitrogen and oxygen atoms in total. The highest BCUT2D eigenvalue weighted by molar-refractivity contribution is 7.91. The molecule has 0 amide bonds. The number of nitrogens with zero attached hydrogens (tertiary/aromatic N) is 3. The Labute approximate surface area is 119 Å². The molecule has 2 fully saturated rings. The van der Waals surface area contributed by atoms with Gasteiger partial charge in [-0.1, -0.05) is 0 Å². The lowest BCUT2D eigenvalue weighted by molar-refractivity contribution is 0.599. The van der Waals surface area contributed by atoms with E-state index >= 15 is 0 Å². The van der Waals surface area contributed by atoms with Crippen molar-refractivity contribution >= 4 is 21.6 Å². The smallest absolute Gasteiger partial charge is 0.227 e. The van der Waals surface area contributed by atoms with Crippen LogP contribution in [0.1, 0.15) is 26.2 Å². The van der Waals surface area contributed by atoms with Crippen LogP contribution in [0.2, 0.25) is 0 Å². The predicted molar refractivity (Wildman–Crippen MR) is 78.8 cm³/mol. The van der Waals surface area contributed by atoms with E-state index in [4.69, 9.17) is 0 Å². The molecule has 1 saturated heterocycles. The van der Waals surface area contributed by atoms with Crippen molar-refractivity contribution in [1.29, 1.82) is 0 Å². The number of nitrogens with one attached hydrogen (secondary N) is 1. The van der Waals surface area contributed by atoms with Crippen molar-refractivity contribution in [2.75, 3.05) is 28.3 Å². The van der Waals surface area contributed by atoms with E-state index in [2.05, 4.69) is 15.3 Å². The topological polar surface area (TPSA) is 75.2 Å². The van der Waals surface area contributed by atoms with E-state index in [9.17, 15) is 8.42 Å². The Morgan fingerprint density at radius 1 is 1.40 bits per heavy atom. The SMILES string of the molecule is CCN(c1nccc(NC2CC2)n1)C1CCS(=O)(=O)C1. The van der Waals surface area contributed by atoms with E-state index in [1.54, 1.807) is 6.20 Å². The maximum Gasteiger partial charge on any atom is 0.227 e. The first kappa shape index (κ1) is 13.6. The van der Waals surface area contributed by atoms with Crippen molar-refractivity contribution < 1.29 is 8.42 Å². The third-order valence-electron chi connectivity index (χ3n) is 3.82. The first-order chi connectivity index (χ1) is 9.57. The molecule has 1 saturated carbocycles. The van der Waals surface area contributed by atoms with Crippen molar-refractivity contribution in [3.8, 4) is 0 Å². The van der Waals surface area contributed by atoms with Gasteiger partial charge in [-0.3, -0.25) is 0 Å². The van der Waals surface area contributed by atoms with Crippen LogP contribution in [0.15, 0.2) is 12.3 Å². The number of aromatic nitrogens is 2. The van der Waals surface area contributed by atoms with Crippen LogP contribution in [0.5, 0.6) is 0 Å². The minimum Gasteiger partial charge on any atom is -0.367 e. The van der Waals surface area contributed by atoms with Crippen molar-refractivity contribution in [1.82, 2.24) is 9.97 Å². The van der Waals surface area contributed by atoms with Crippen molar-refractivity contribution in [2.45, 2.75) is 38.3 Å². The fourth-order valence-electron chi connectivity index (χ4n) is 2.59. The number of hydrogen-bond donors (Lipinski definition) is 1. The van der Waals surface area contributed by atoms with Gasteiger partial charge in [-0.2, -0.15) is 4.98 Å². The van der Waals surface area contributed by atoms with Gasteiger partial charge in [0.1, 0.15) is 5.82 Å². The molecule has 1 aliphatic carbocycles. The summed E-state index contributed by atoms with van der Waals surface area (Å²) < 4.78 is 23.3. The van der Waals surface area contributed by atoms with Gasteiger partial charge < -0.3 is 10.2 Å². The van der Waals surface area contributed by atoms with Crippen LogP contribution in [0.3, 0.4) is 0 Å². The number of anilines is 2. The highest BCUT2D eigenvalue weighted by atomic mass is 32.2. The molecule has 1 aromatic heterocycles.